The molecule has 3 rings (SSSR count). The number of aryl methyl sites for hydroxylation is 2. The molecule has 6 heteroatoms. The van der Waals surface area contributed by atoms with E-state index in [2.05, 4.69) is 5.43 Å². The van der Waals surface area contributed by atoms with E-state index in [4.69, 9.17) is 5.11 Å². The van der Waals surface area contributed by atoms with Crippen LogP contribution in [0.4, 0.5) is 0 Å². The molecule has 2 N–H and O–H groups in total. The lowest BCUT2D eigenvalue weighted by atomic mass is 10.1. The Morgan fingerprint density at radius 3 is 2.52 bits per heavy atom. The summed E-state index contributed by atoms with van der Waals surface area (Å²) in [4.78, 5) is 24.5. The van der Waals surface area contributed by atoms with E-state index < -0.39 is 5.97 Å². The van der Waals surface area contributed by atoms with Crippen molar-refractivity contribution in [2.45, 2.75) is 19.8 Å². The van der Waals surface area contributed by atoms with E-state index in [1.807, 2.05) is 48.7 Å². The lowest BCUT2D eigenvalue weighted by molar-refractivity contribution is -0.136. The molecule has 3 aromatic rings. The summed E-state index contributed by atoms with van der Waals surface area (Å²) in [5.41, 5.74) is 6.14. The number of benzene rings is 1. The first-order valence-corrected chi connectivity index (χ1v) is 8.77. The number of nitrogens with one attached hydrogen (secondary N) is 1. The summed E-state index contributed by atoms with van der Waals surface area (Å²) < 4.78 is 1.69. The molecule has 0 aliphatic heterocycles. The second-order valence-corrected chi connectivity index (χ2v) is 6.67. The van der Waals surface area contributed by atoms with Gasteiger partial charge < -0.3 is 5.11 Å². The minimum absolute atomic E-state index is 0.00823. The van der Waals surface area contributed by atoms with Crippen molar-refractivity contribution >= 4 is 23.2 Å². The van der Waals surface area contributed by atoms with Crippen molar-refractivity contribution in [3.63, 3.8) is 0 Å². The van der Waals surface area contributed by atoms with Crippen LogP contribution in [0.2, 0.25) is 0 Å². The zero-order valence-corrected chi connectivity index (χ0v) is 14.5. The van der Waals surface area contributed by atoms with Crippen LogP contribution in [0.15, 0.2) is 53.9 Å². The van der Waals surface area contributed by atoms with Gasteiger partial charge >= 0.3 is 5.97 Å². The summed E-state index contributed by atoms with van der Waals surface area (Å²) in [6, 6.07) is 15.0. The maximum Gasteiger partial charge on any atom is 0.303 e. The van der Waals surface area contributed by atoms with Crippen molar-refractivity contribution < 1.29 is 14.7 Å². The number of aromatic nitrogens is 1. The fraction of sp³-hybridized carbons (Fsp3) is 0.158. The van der Waals surface area contributed by atoms with E-state index in [-0.39, 0.29) is 12.3 Å². The van der Waals surface area contributed by atoms with E-state index >= 15 is 0 Å². The molecule has 1 aromatic carbocycles. The van der Waals surface area contributed by atoms with Gasteiger partial charge in [-0.2, -0.15) is 0 Å². The average molecular weight is 354 g/mol. The molecule has 0 fully saturated rings. The highest BCUT2D eigenvalue weighted by atomic mass is 32.1. The number of hydrogen-bond donors (Lipinski definition) is 2. The smallest absolute Gasteiger partial charge is 0.303 e. The molecule has 0 saturated carbocycles. The molecule has 2 heterocycles. The van der Waals surface area contributed by atoms with E-state index in [1.54, 1.807) is 28.1 Å². The Balaban J connectivity index is 1.91. The maximum atomic E-state index is 12.6. The number of hydrogen-bond acceptors (Lipinski definition) is 3. The van der Waals surface area contributed by atoms with Crippen LogP contribution in [0.3, 0.4) is 0 Å². The zero-order valence-electron chi connectivity index (χ0n) is 13.7. The molecule has 0 saturated heterocycles. The Morgan fingerprint density at radius 2 is 1.88 bits per heavy atom. The normalized spacial score (nSPS) is 10.6. The van der Waals surface area contributed by atoms with Crippen molar-refractivity contribution in [3.05, 3.63) is 70.7 Å². The first-order valence-electron chi connectivity index (χ1n) is 7.89. The molecule has 0 spiro atoms. The van der Waals surface area contributed by atoms with Gasteiger partial charge in [-0.3, -0.25) is 19.7 Å². The fourth-order valence-electron chi connectivity index (χ4n) is 2.53. The van der Waals surface area contributed by atoms with Crippen molar-refractivity contribution in [1.82, 2.24) is 4.68 Å². The molecule has 2 aromatic heterocycles. The van der Waals surface area contributed by atoms with Gasteiger partial charge in [0.15, 0.2) is 0 Å². The predicted octanol–water partition coefficient (Wildman–Crippen LogP) is 3.93. The third kappa shape index (κ3) is 3.97. The molecule has 0 aliphatic carbocycles. The third-order valence-electron chi connectivity index (χ3n) is 3.86. The average Bonchev–Trinajstić information content (AvgIpc) is 3.23. The molecule has 0 unspecified atom stereocenters. The Labute approximate surface area is 149 Å². The number of rotatable bonds is 6. The molecule has 128 valence electrons. The van der Waals surface area contributed by atoms with E-state index in [0.29, 0.717) is 12.0 Å². The highest BCUT2D eigenvalue weighted by molar-refractivity contribution is 7.13. The van der Waals surface area contributed by atoms with Gasteiger partial charge in [0.1, 0.15) is 0 Å². The topological polar surface area (TPSA) is 71.3 Å². The quantitative estimate of drug-likeness (QED) is 0.705. The summed E-state index contributed by atoms with van der Waals surface area (Å²) in [6.45, 7) is 1.96. The van der Waals surface area contributed by atoms with Crippen LogP contribution in [-0.4, -0.2) is 21.7 Å². The number of thiophene rings is 1. The molecule has 1 amide bonds. The van der Waals surface area contributed by atoms with Gasteiger partial charge in [0.25, 0.3) is 5.91 Å². The second-order valence-electron chi connectivity index (χ2n) is 5.72. The summed E-state index contributed by atoms with van der Waals surface area (Å²) in [5, 5.41) is 10.9. The van der Waals surface area contributed by atoms with Crippen LogP contribution in [0.25, 0.3) is 10.6 Å². The summed E-state index contributed by atoms with van der Waals surface area (Å²) >= 11 is 1.56. The SMILES string of the molecule is Cc1ccc(C(=O)Nn2c(CCC(=O)O)ccc2-c2cccs2)cc1. The first-order chi connectivity index (χ1) is 12.0. The van der Waals surface area contributed by atoms with Gasteiger partial charge in [-0.15, -0.1) is 11.3 Å². The predicted molar refractivity (Wildman–Crippen MR) is 98.6 cm³/mol. The van der Waals surface area contributed by atoms with Crippen LogP contribution in [0, 0.1) is 6.92 Å². The standard InChI is InChI=1S/C19H18N2O3S/c1-13-4-6-14(7-5-13)19(24)20-21-15(9-11-18(22)23)8-10-16(21)17-3-2-12-25-17/h2-8,10,12H,9,11H2,1H3,(H,20,24)(H,22,23). The first kappa shape index (κ1) is 17.0. The Hall–Kier alpha value is -2.86. The number of aliphatic carboxylic acids is 1. The Bertz CT molecular complexity index is 880. The number of carboxylic acids is 1. The summed E-state index contributed by atoms with van der Waals surface area (Å²) in [7, 11) is 0. The molecule has 5 nitrogen and oxygen atoms in total. The van der Waals surface area contributed by atoms with Crippen LogP contribution in [-0.2, 0) is 11.2 Å². The van der Waals surface area contributed by atoms with E-state index in [9.17, 15) is 9.59 Å². The number of carbonyl (C=O) groups excluding carboxylic acids is 1. The molecule has 25 heavy (non-hydrogen) atoms. The third-order valence-corrected chi connectivity index (χ3v) is 4.75. The van der Waals surface area contributed by atoms with Gasteiger partial charge in [0.2, 0.25) is 0 Å². The molecule has 0 radical (unpaired) electrons. The molecular formula is C19H18N2O3S. The molecule has 0 bridgehead atoms. The van der Waals surface area contributed by atoms with Crippen LogP contribution < -0.4 is 5.43 Å². The van der Waals surface area contributed by atoms with Crippen molar-refractivity contribution in [3.8, 4) is 10.6 Å². The molecular weight excluding hydrogens is 336 g/mol. The maximum absolute atomic E-state index is 12.6. The number of amides is 1. The monoisotopic (exact) mass is 354 g/mol. The van der Waals surface area contributed by atoms with E-state index in [1.165, 1.54) is 0 Å². The highest BCUT2D eigenvalue weighted by Gasteiger charge is 2.15. The van der Waals surface area contributed by atoms with Crippen molar-refractivity contribution in [2.24, 2.45) is 0 Å². The van der Waals surface area contributed by atoms with Gasteiger partial charge in [-0.05, 0) is 42.6 Å². The summed E-state index contributed by atoms with van der Waals surface area (Å²) in [6.07, 6.45) is 0.350. The molecule has 0 aliphatic rings. The Morgan fingerprint density at radius 1 is 1.12 bits per heavy atom. The minimum Gasteiger partial charge on any atom is -0.481 e. The number of nitrogens with zero attached hydrogens (tertiary/aromatic N) is 1. The lowest BCUT2D eigenvalue weighted by Gasteiger charge is -2.14. The largest absolute Gasteiger partial charge is 0.481 e. The number of carboxylic acid groups (broad SMARTS) is 1. The van der Waals surface area contributed by atoms with Gasteiger partial charge in [0.05, 0.1) is 17.0 Å². The van der Waals surface area contributed by atoms with Crippen molar-refractivity contribution in [2.75, 3.05) is 5.43 Å². The van der Waals surface area contributed by atoms with Crippen LogP contribution in [0.1, 0.15) is 28.0 Å². The summed E-state index contributed by atoms with van der Waals surface area (Å²) in [5.74, 6) is -1.10. The second kappa shape index (κ2) is 7.36. The number of carbonyl (C=O) groups is 2. The molecule has 0 atom stereocenters. The Kier molecular flexibility index (Phi) is 5.00. The highest BCUT2D eigenvalue weighted by Crippen LogP contribution is 2.27. The van der Waals surface area contributed by atoms with Gasteiger partial charge in [-0.1, -0.05) is 23.8 Å². The van der Waals surface area contributed by atoms with Crippen LogP contribution >= 0.6 is 11.3 Å². The van der Waals surface area contributed by atoms with E-state index in [0.717, 1.165) is 21.8 Å². The lowest BCUT2D eigenvalue weighted by Crippen LogP contribution is -2.25. The van der Waals surface area contributed by atoms with Gasteiger partial charge in [0, 0.05) is 17.7 Å². The zero-order chi connectivity index (χ0) is 17.8. The van der Waals surface area contributed by atoms with Crippen LogP contribution in [0.5, 0.6) is 0 Å². The van der Waals surface area contributed by atoms with Crippen molar-refractivity contribution in [1.29, 1.82) is 0 Å². The minimum atomic E-state index is -0.865. The van der Waals surface area contributed by atoms with Gasteiger partial charge in [-0.25, -0.2) is 0 Å². The fourth-order valence-corrected chi connectivity index (χ4v) is 3.27.